The van der Waals surface area contributed by atoms with E-state index in [9.17, 15) is 17.6 Å². The zero-order valence-electron chi connectivity index (χ0n) is 13.6. The van der Waals surface area contributed by atoms with Crippen molar-refractivity contribution in [3.05, 3.63) is 101 Å². The molecule has 0 aromatic heterocycles. The topological polar surface area (TPSA) is 60.4 Å². The lowest BCUT2D eigenvalue weighted by Gasteiger charge is -2.08. The zero-order chi connectivity index (χ0) is 18.6. The summed E-state index contributed by atoms with van der Waals surface area (Å²) in [5.74, 6) is -1.30. The van der Waals surface area contributed by atoms with E-state index in [4.69, 9.17) is 4.18 Å². The van der Waals surface area contributed by atoms with E-state index in [1.165, 1.54) is 42.5 Å². The molecule has 6 heteroatoms. The molecule has 0 aliphatic heterocycles. The second kappa shape index (κ2) is 7.49. The molecule has 3 aromatic carbocycles. The van der Waals surface area contributed by atoms with Crippen molar-refractivity contribution < 1.29 is 21.8 Å². The Morgan fingerprint density at radius 2 is 1.38 bits per heavy atom. The van der Waals surface area contributed by atoms with Crippen molar-refractivity contribution in [1.82, 2.24) is 0 Å². The Morgan fingerprint density at radius 3 is 2.04 bits per heavy atom. The van der Waals surface area contributed by atoms with Gasteiger partial charge in [0.15, 0.2) is 5.78 Å². The van der Waals surface area contributed by atoms with Crippen LogP contribution < -0.4 is 4.18 Å². The summed E-state index contributed by atoms with van der Waals surface area (Å²) in [7, 11) is -4.02. The van der Waals surface area contributed by atoms with Gasteiger partial charge in [-0.1, -0.05) is 48.5 Å². The van der Waals surface area contributed by atoms with Crippen LogP contribution in [0.25, 0.3) is 0 Å². The van der Waals surface area contributed by atoms with Gasteiger partial charge in [0.1, 0.15) is 17.3 Å². The number of hydrogen-bond acceptors (Lipinski definition) is 4. The second-order valence-electron chi connectivity index (χ2n) is 5.60. The number of carbonyl (C=O) groups excluding carboxylic acids is 1. The molecule has 0 aliphatic carbocycles. The molecule has 0 aliphatic rings. The first-order valence-corrected chi connectivity index (χ1v) is 9.38. The van der Waals surface area contributed by atoms with Crippen molar-refractivity contribution in [2.75, 3.05) is 0 Å². The van der Waals surface area contributed by atoms with E-state index < -0.39 is 21.7 Å². The van der Waals surface area contributed by atoms with E-state index in [2.05, 4.69) is 0 Å². The first-order chi connectivity index (χ1) is 12.4. The fourth-order valence-electron chi connectivity index (χ4n) is 2.40. The molecule has 0 unspecified atom stereocenters. The van der Waals surface area contributed by atoms with Gasteiger partial charge >= 0.3 is 10.1 Å². The normalized spacial score (nSPS) is 11.1. The Labute approximate surface area is 151 Å². The van der Waals surface area contributed by atoms with E-state index in [1.807, 2.05) is 6.07 Å². The highest BCUT2D eigenvalue weighted by atomic mass is 32.2. The van der Waals surface area contributed by atoms with Crippen molar-refractivity contribution >= 4 is 15.9 Å². The maximum atomic E-state index is 13.6. The third-order valence-corrected chi connectivity index (χ3v) is 4.78. The maximum absolute atomic E-state index is 13.6. The molecule has 0 fully saturated rings. The summed E-state index contributed by atoms with van der Waals surface area (Å²) in [6.07, 6.45) is 0. The standard InChI is InChI=1S/C20H15FO4S/c21-19-9-5-4-8-17(19)14-26(23,24)25-18-12-10-16(11-13-18)20(22)15-6-2-1-3-7-15/h1-13H,14H2. The predicted molar refractivity (Wildman–Crippen MR) is 96.0 cm³/mol. The fourth-order valence-corrected chi connectivity index (χ4v) is 3.48. The van der Waals surface area contributed by atoms with E-state index in [-0.39, 0.29) is 17.1 Å². The molecule has 0 amide bonds. The first-order valence-electron chi connectivity index (χ1n) is 7.80. The van der Waals surface area contributed by atoms with Gasteiger partial charge in [0.2, 0.25) is 0 Å². The Kier molecular flexibility index (Phi) is 5.14. The van der Waals surface area contributed by atoms with Crippen LogP contribution in [0.15, 0.2) is 78.9 Å². The molecule has 26 heavy (non-hydrogen) atoms. The highest BCUT2D eigenvalue weighted by Gasteiger charge is 2.17. The highest BCUT2D eigenvalue weighted by Crippen LogP contribution is 2.19. The Hall–Kier alpha value is -2.99. The van der Waals surface area contributed by atoms with Gasteiger partial charge in [-0.25, -0.2) is 4.39 Å². The molecule has 0 heterocycles. The Balaban J connectivity index is 1.73. The van der Waals surface area contributed by atoms with Gasteiger partial charge in [0, 0.05) is 16.7 Å². The van der Waals surface area contributed by atoms with Crippen LogP contribution in [0.1, 0.15) is 21.5 Å². The molecule has 3 aromatic rings. The van der Waals surface area contributed by atoms with Crippen LogP contribution in [0.2, 0.25) is 0 Å². The number of benzene rings is 3. The SMILES string of the molecule is O=C(c1ccccc1)c1ccc(OS(=O)(=O)Cc2ccccc2F)cc1. The molecule has 3 rings (SSSR count). The number of rotatable bonds is 6. The van der Waals surface area contributed by atoms with Crippen LogP contribution >= 0.6 is 0 Å². The molecule has 132 valence electrons. The lowest BCUT2D eigenvalue weighted by atomic mass is 10.0. The van der Waals surface area contributed by atoms with Gasteiger partial charge in [-0.2, -0.15) is 8.42 Å². The first kappa shape index (κ1) is 17.8. The highest BCUT2D eigenvalue weighted by molar-refractivity contribution is 7.86. The quantitative estimate of drug-likeness (QED) is 0.487. The van der Waals surface area contributed by atoms with Gasteiger partial charge in [-0.05, 0) is 30.3 Å². The van der Waals surface area contributed by atoms with Crippen molar-refractivity contribution in [2.24, 2.45) is 0 Å². The lowest BCUT2D eigenvalue weighted by molar-refractivity contribution is 0.103. The molecule has 0 spiro atoms. The molecule has 0 atom stereocenters. The van der Waals surface area contributed by atoms with Gasteiger partial charge in [-0.15, -0.1) is 0 Å². The molecule has 0 saturated carbocycles. The van der Waals surface area contributed by atoms with Gasteiger partial charge < -0.3 is 4.18 Å². The summed E-state index contributed by atoms with van der Waals surface area (Å²) in [5, 5.41) is 0. The smallest absolute Gasteiger partial charge is 0.313 e. The predicted octanol–water partition coefficient (Wildman–Crippen LogP) is 3.97. The van der Waals surface area contributed by atoms with Crippen molar-refractivity contribution in [3.8, 4) is 5.75 Å². The van der Waals surface area contributed by atoms with E-state index in [0.29, 0.717) is 11.1 Å². The summed E-state index contributed by atoms with van der Waals surface area (Å²) in [6, 6.07) is 20.1. The lowest BCUT2D eigenvalue weighted by Crippen LogP contribution is -2.13. The third-order valence-electron chi connectivity index (χ3n) is 3.67. The summed E-state index contributed by atoms with van der Waals surface area (Å²) in [6.45, 7) is 0. The van der Waals surface area contributed by atoms with Crippen molar-refractivity contribution in [1.29, 1.82) is 0 Å². The van der Waals surface area contributed by atoms with Gasteiger partial charge in [0.25, 0.3) is 0 Å². The minimum absolute atomic E-state index is 0.0309. The summed E-state index contributed by atoms with van der Waals surface area (Å²) in [4.78, 5) is 12.3. The summed E-state index contributed by atoms with van der Waals surface area (Å²) in [5.41, 5.74) is 0.978. The van der Waals surface area contributed by atoms with Crippen LogP contribution in [0.3, 0.4) is 0 Å². The summed E-state index contributed by atoms with van der Waals surface area (Å²) < 4.78 is 42.8. The molecular formula is C20H15FO4S. The average Bonchev–Trinajstić information content (AvgIpc) is 2.64. The van der Waals surface area contributed by atoms with E-state index in [0.717, 1.165) is 0 Å². The molecule has 0 bridgehead atoms. The number of halogens is 1. The molecule has 4 nitrogen and oxygen atoms in total. The monoisotopic (exact) mass is 370 g/mol. The average molecular weight is 370 g/mol. The third kappa shape index (κ3) is 4.34. The van der Waals surface area contributed by atoms with E-state index >= 15 is 0 Å². The summed E-state index contributed by atoms with van der Waals surface area (Å²) >= 11 is 0. The fraction of sp³-hybridized carbons (Fsp3) is 0.0500. The van der Waals surface area contributed by atoms with Crippen molar-refractivity contribution in [3.63, 3.8) is 0 Å². The van der Waals surface area contributed by atoms with Crippen LogP contribution in [-0.2, 0) is 15.9 Å². The Morgan fingerprint density at radius 1 is 0.808 bits per heavy atom. The van der Waals surface area contributed by atoms with Crippen molar-refractivity contribution in [2.45, 2.75) is 5.75 Å². The van der Waals surface area contributed by atoms with Gasteiger partial charge in [0.05, 0.1) is 0 Å². The molecule has 0 N–H and O–H groups in total. The minimum atomic E-state index is -4.02. The molecule has 0 radical (unpaired) electrons. The maximum Gasteiger partial charge on any atom is 0.313 e. The van der Waals surface area contributed by atoms with Crippen LogP contribution in [0.4, 0.5) is 4.39 Å². The van der Waals surface area contributed by atoms with Crippen LogP contribution in [-0.4, -0.2) is 14.2 Å². The molecule has 0 saturated heterocycles. The van der Waals surface area contributed by atoms with Crippen LogP contribution in [0, 0.1) is 5.82 Å². The van der Waals surface area contributed by atoms with Gasteiger partial charge in [-0.3, -0.25) is 4.79 Å². The largest absolute Gasteiger partial charge is 0.382 e. The molecular weight excluding hydrogens is 355 g/mol. The number of carbonyl (C=O) groups is 1. The second-order valence-corrected chi connectivity index (χ2v) is 7.17. The van der Waals surface area contributed by atoms with E-state index in [1.54, 1.807) is 30.3 Å². The Bertz CT molecular complexity index is 1010. The zero-order valence-corrected chi connectivity index (χ0v) is 14.4. The minimum Gasteiger partial charge on any atom is -0.382 e. The number of ketones is 1. The van der Waals surface area contributed by atoms with Crippen LogP contribution in [0.5, 0.6) is 5.75 Å². The number of hydrogen-bond donors (Lipinski definition) is 0.